The third-order valence-electron chi connectivity index (χ3n) is 8.18. The molecule has 0 unspecified atom stereocenters. The molecule has 3 N–H and O–H groups in total. The Hall–Kier alpha value is -4.98. The summed E-state index contributed by atoms with van der Waals surface area (Å²) in [6.45, 7) is 4.56. The molecule has 44 heavy (non-hydrogen) atoms. The second-order valence-corrected chi connectivity index (χ2v) is 11.4. The normalized spacial score (nSPS) is 13.5. The van der Waals surface area contributed by atoms with Crippen LogP contribution < -0.4 is 15.8 Å². The summed E-state index contributed by atoms with van der Waals surface area (Å²) < 4.78 is 25.6. The van der Waals surface area contributed by atoms with Gasteiger partial charge < -0.3 is 20.2 Å². The van der Waals surface area contributed by atoms with Crippen LogP contribution in [0.4, 0.5) is 4.39 Å². The van der Waals surface area contributed by atoms with E-state index in [0.717, 1.165) is 53.6 Å². The number of carbonyl (C=O) groups excluding carboxylic acids is 2. The molecular formula is C36H34FN3O4. The zero-order chi connectivity index (χ0) is 30.8. The van der Waals surface area contributed by atoms with Gasteiger partial charge in [0.1, 0.15) is 22.9 Å². The summed E-state index contributed by atoms with van der Waals surface area (Å²) in [5.74, 6) is -0.245. The quantitative estimate of drug-likeness (QED) is 0.158. The molecule has 1 aliphatic rings. The molecule has 1 saturated carbocycles. The van der Waals surface area contributed by atoms with Gasteiger partial charge in [0, 0.05) is 18.0 Å². The molecule has 1 aliphatic carbocycles. The van der Waals surface area contributed by atoms with Crippen LogP contribution in [0.15, 0.2) is 83.4 Å². The van der Waals surface area contributed by atoms with E-state index in [1.54, 1.807) is 24.4 Å². The maximum Gasteiger partial charge on any atom is 0.255 e. The fraction of sp³-hybridized carbons (Fsp3) is 0.250. The zero-order valence-corrected chi connectivity index (χ0v) is 24.8. The molecule has 8 heteroatoms. The van der Waals surface area contributed by atoms with E-state index in [2.05, 4.69) is 17.2 Å². The van der Waals surface area contributed by atoms with Crippen molar-refractivity contribution in [3.8, 4) is 16.9 Å². The monoisotopic (exact) mass is 591 g/mol. The van der Waals surface area contributed by atoms with E-state index < -0.39 is 11.4 Å². The number of aromatic nitrogens is 1. The molecule has 3 aromatic carbocycles. The second kappa shape index (κ2) is 12.0. The standard InChI is InChI=1S/C36H34FN3O4/c1-3-4-17-43-30-18-22(2)26(21-28(30)35(42)40-36(14-15-36)32-7-5-6-16-39-32)24-10-13-29-27(20-24)33(34(38)41)31(44-29)19-23-8-11-25(37)12-9-23/h5-13,16,18,20-21H,3-4,14-15,17,19H2,1-2H3,(H2,38,41)(H,40,42). The van der Waals surface area contributed by atoms with E-state index >= 15 is 0 Å². The summed E-state index contributed by atoms with van der Waals surface area (Å²) in [6, 6.07) is 21.1. The molecule has 0 spiro atoms. The Bertz CT molecular complexity index is 1840. The smallest absolute Gasteiger partial charge is 0.255 e. The lowest BCUT2D eigenvalue weighted by molar-refractivity contribution is 0.0924. The van der Waals surface area contributed by atoms with Crippen LogP contribution in [0.5, 0.6) is 5.75 Å². The number of furan rings is 1. The lowest BCUT2D eigenvalue weighted by Crippen LogP contribution is -2.35. The molecule has 5 aromatic rings. The highest BCUT2D eigenvalue weighted by molar-refractivity contribution is 6.08. The predicted molar refractivity (Wildman–Crippen MR) is 167 cm³/mol. The van der Waals surface area contributed by atoms with Crippen molar-refractivity contribution in [2.75, 3.05) is 6.61 Å². The van der Waals surface area contributed by atoms with Gasteiger partial charge in [-0.2, -0.15) is 0 Å². The van der Waals surface area contributed by atoms with E-state index in [1.807, 2.05) is 49.4 Å². The van der Waals surface area contributed by atoms with Crippen LogP contribution in [0.25, 0.3) is 22.1 Å². The first-order valence-corrected chi connectivity index (χ1v) is 14.9. The average Bonchev–Trinajstić information content (AvgIpc) is 3.71. The number of rotatable bonds is 11. The van der Waals surface area contributed by atoms with Gasteiger partial charge in [-0.3, -0.25) is 14.6 Å². The van der Waals surface area contributed by atoms with Crippen molar-refractivity contribution in [1.82, 2.24) is 10.3 Å². The Morgan fingerprint density at radius 1 is 1.07 bits per heavy atom. The third-order valence-corrected chi connectivity index (χ3v) is 8.18. The number of carbonyl (C=O) groups is 2. The predicted octanol–water partition coefficient (Wildman–Crippen LogP) is 7.23. The van der Waals surface area contributed by atoms with Gasteiger partial charge in [-0.25, -0.2) is 4.39 Å². The molecule has 2 aromatic heterocycles. The number of benzene rings is 3. The highest BCUT2D eigenvalue weighted by Gasteiger charge is 2.47. The molecule has 1 fully saturated rings. The molecule has 0 bridgehead atoms. The number of primary amides is 1. The van der Waals surface area contributed by atoms with Crippen LogP contribution in [0.3, 0.4) is 0 Å². The first-order chi connectivity index (χ1) is 21.3. The van der Waals surface area contributed by atoms with Gasteiger partial charge in [-0.05, 0) is 97.0 Å². The van der Waals surface area contributed by atoms with Gasteiger partial charge in [0.25, 0.3) is 11.8 Å². The summed E-state index contributed by atoms with van der Waals surface area (Å²) >= 11 is 0. The lowest BCUT2D eigenvalue weighted by Gasteiger charge is -2.20. The number of unbranched alkanes of at least 4 members (excludes halogenated alkanes) is 1. The number of fused-ring (bicyclic) bond motifs is 1. The summed E-state index contributed by atoms with van der Waals surface area (Å²) in [7, 11) is 0. The Labute approximate surface area is 255 Å². The highest BCUT2D eigenvalue weighted by Crippen LogP contribution is 2.45. The first-order valence-electron chi connectivity index (χ1n) is 14.9. The number of pyridine rings is 1. The van der Waals surface area contributed by atoms with E-state index in [-0.39, 0.29) is 23.7 Å². The van der Waals surface area contributed by atoms with Gasteiger partial charge in [0.05, 0.1) is 29.0 Å². The molecule has 0 aliphatic heterocycles. The summed E-state index contributed by atoms with van der Waals surface area (Å²) in [4.78, 5) is 31.0. The van der Waals surface area contributed by atoms with E-state index in [0.29, 0.717) is 34.6 Å². The van der Waals surface area contributed by atoms with E-state index in [9.17, 15) is 14.0 Å². The molecule has 0 atom stereocenters. The van der Waals surface area contributed by atoms with Gasteiger partial charge in [-0.1, -0.05) is 37.6 Å². The maximum atomic E-state index is 13.9. The Balaban J connectivity index is 1.39. The van der Waals surface area contributed by atoms with Crippen molar-refractivity contribution < 1.29 is 23.1 Å². The minimum Gasteiger partial charge on any atom is -0.493 e. The topological polar surface area (TPSA) is 107 Å². The summed E-state index contributed by atoms with van der Waals surface area (Å²) in [5, 5.41) is 3.81. The summed E-state index contributed by atoms with van der Waals surface area (Å²) in [6.07, 6.45) is 5.49. The number of hydrogen-bond donors (Lipinski definition) is 2. The summed E-state index contributed by atoms with van der Waals surface area (Å²) in [5.41, 5.74) is 10.7. The van der Waals surface area contributed by atoms with Crippen molar-refractivity contribution in [2.45, 2.75) is 51.5 Å². The number of aryl methyl sites for hydroxylation is 1. The number of hydrogen-bond acceptors (Lipinski definition) is 5. The van der Waals surface area contributed by atoms with Gasteiger partial charge in [0.15, 0.2) is 0 Å². The molecular weight excluding hydrogens is 557 g/mol. The van der Waals surface area contributed by atoms with E-state index in [1.165, 1.54) is 12.1 Å². The molecule has 0 radical (unpaired) electrons. The van der Waals surface area contributed by atoms with Crippen molar-refractivity contribution in [3.63, 3.8) is 0 Å². The van der Waals surface area contributed by atoms with Crippen LogP contribution >= 0.6 is 0 Å². The fourth-order valence-corrected chi connectivity index (χ4v) is 5.61. The Morgan fingerprint density at radius 2 is 1.86 bits per heavy atom. The third kappa shape index (κ3) is 5.80. The molecule has 0 saturated heterocycles. The number of amides is 2. The fourth-order valence-electron chi connectivity index (χ4n) is 5.61. The van der Waals surface area contributed by atoms with Gasteiger partial charge in [-0.15, -0.1) is 0 Å². The van der Waals surface area contributed by atoms with Crippen molar-refractivity contribution >= 4 is 22.8 Å². The molecule has 2 heterocycles. The molecule has 2 amide bonds. The number of nitrogens with one attached hydrogen (secondary N) is 1. The largest absolute Gasteiger partial charge is 0.493 e. The molecule has 7 nitrogen and oxygen atoms in total. The minimum atomic E-state index is -0.612. The van der Waals surface area contributed by atoms with Crippen molar-refractivity contribution in [2.24, 2.45) is 5.73 Å². The van der Waals surface area contributed by atoms with Gasteiger partial charge in [0.2, 0.25) is 0 Å². The van der Waals surface area contributed by atoms with E-state index in [4.69, 9.17) is 14.9 Å². The average molecular weight is 592 g/mol. The number of nitrogens with zero attached hydrogens (tertiary/aromatic N) is 1. The number of halogens is 1. The lowest BCUT2D eigenvalue weighted by atomic mass is 9.95. The first kappa shape index (κ1) is 29.1. The van der Waals surface area contributed by atoms with Crippen LogP contribution in [-0.2, 0) is 12.0 Å². The van der Waals surface area contributed by atoms with Crippen LogP contribution in [0.2, 0.25) is 0 Å². The zero-order valence-electron chi connectivity index (χ0n) is 24.8. The number of ether oxygens (including phenoxy) is 1. The van der Waals surface area contributed by atoms with Crippen LogP contribution in [-0.4, -0.2) is 23.4 Å². The van der Waals surface area contributed by atoms with Crippen LogP contribution in [0, 0.1) is 12.7 Å². The number of nitrogens with two attached hydrogens (primary N) is 1. The molecule has 6 rings (SSSR count). The second-order valence-electron chi connectivity index (χ2n) is 11.4. The van der Waals surface area contributed by atoms with Crippen molar-refractivity contribution in [3.05, 3.63) is 119 Å². The Morgan fingerprint density at radius 3 is 2.55 bits per heavy atom. The SMILES string of the molecule is CCCCOc1cc(C)c(-c2ccc3oc(Cc4ccc(F)cc4)c(C(N)=O)c3c2)cc1C(=O)NC1(c2ccccn2)CC1. The van der Waals surface area contributed by atoms with Gasteiger partial charge >= 0.3 is 0 Å². The maximum absolute atomic E-state index is 13.9. The minimum absolute atomic E-state index is 0.232. The van der Waals surface area contributed by atoms with Crippen molar-refractivity contribution in [1.29, 1.82) is 0 Å². The molecule has 224 valence electrons. The van der Waals surface area contributed by atoms with Crippen LogP contribution in [0.1, 0.15) is 75.9 Å². The Kier molecular flexibility index (Phi) is 7.91. The highest BCUT2D eigenvalue weighted by atomic mass is 19.1.